The van der Waals surface area contributed by atoms with Crippen molar-refractivity contribution in [3.05, 3.63) is 24.3 Å². The number of hydrogen-bond donors (Lipinski definition) is 2. The van der Waals surface area contributed by atoms with Crippen LogP contribution in [0.25, 0.3) is 0 Å². The molecule has 0 amide bonds. The summed E-state index contributed by atoms with van der Waals surface area (Å²) in [6.07, 6.45) is 1.09. The highest BCUT2D eigenvalue weighted by atomic mass is 16.6. The van der Waals surface area contributed by atoms with Gasteiger partial charge in [-0.2, -0.15) is 0 Å². The molecule has 6 nitrogen and oxygen atoms in total. The molecule has 22 heavy (non-hydrogen) atoms. The Balaban J connectivity index is 1.43. The zero-order valence-corrected chi connectivity index (χ0v) is 12.9. The number of ether oxygens (including phenoxy) is 3. The van der Waals surface area contributed by atoms with E-state index < -0.39 is 0 Å². The third-order valence-corrected chi connectivity index (χ3v) is 3.87. The maximum absolute atomic E-state index is 5.91. The van der Waals surface area contributed by atoms with Crippen LogP contribution in [0.3, 0.4) is 0 Å². The number of rotatable bonds is 4. The summed E-state index contributed by atoms with van der Waals surface area (Å²) in [5, 5.41) is 6.62. The number of nitrogens with one attached hydrogen (secondary N) is 2. The number of aliphatic imine (C=N–C) groups is 1. The summed E-state index contributed by atoms with van der Waals surface area (Å²) in [5.41, 5.74) is 0. The fourth-order valence-corrected chi connectivity index (χ4v) is 2.58. The highest BCUT2D eigenvalue weighted by Crippen LogP contribution is 2.30. The average Bonchev–Trinajstić information content (AvgIpc) is 3.08. The van der Waals surface area contributed by atoms with Crippen molar-refractivity contribution in [3.63, 3.8) is 0 Å². The fraction of sp³-hybridized carbons (Fsp3) is 0.562. The van der Waals surface area contributed by atoms with Gasteiger partial charge in [-0.05, 0) is 18.6 Å². The van der Waals surface area contributed by atoms with Crippen LogP contribution >= 0.6 is 0 Å². The maximum Gasteiger partial charge on any atom is 0.191 e. The zero-order chi connectivity index (χ0) is 15.2. The van der Waals surface area contributed by atoms with Crippen LogP contribution in [0.5, 0.6) is 11.5 Å². The molecule has 1 fully saturated rings. The average molecular weight is 305 g/mol. The van der Waals surface area contributed by atoms with Crippen molar-refractivity contribution < 1.29 is 14.2 Å². The van der Waals surface area contributed by atoms with E-state index in [0.717, 1.165) is 43.6 Å². The quantitative estimate of drug-likeness (QED) is 0.642. The van der Waals surface area contributed by atoms with E-state index in [2.05, 4.69) is 15.6 Å². The summed E-state index contributed by atoms with van der Waals surface area (Å²) in [5.74, 6) is 2.96. The molecule has 2 heterocycles. The second-order valence-corrected chi connectivity index (χ2v) is 5.56. The Kier molecular flexibility index (Phi) is 5.00. The molecular weight excluding hydrogens is 282 g/mol. The Morgan fingerprint density at radius 2 is 2.00 bits per heavy atom. The SMILES string of the molecule is CN=C(NCC1CCOC1)NCC1COc2ccccc2O1. The largest absolute Gasteiger partial charge is 0.486 e. The van der Waals surface area contributed by atoms with E-state index >= 15 is 0 Å². The number of hydrogen-bond acceptors (Lipinski definition) is 4. The lowest BCUT2D eigenvalue weighted by atomic mass is 10.1. The molecule has 0 saturated carbocycles. The lowest BCUT2D eigenvalue weighted by molar-refractivity contribution is 0.0936. The van der Waals surface area contributed by atoms with E-state index in [1.54, 1.807) is 7.05 Å². The first-order valence-corrected chi connectivity index (χ1v) is 7.76. The molecule has 1 aromatic rings. The van der Waals surface area contributed by atoms with Gasteiger partial charge in [-0.3, -0.25) is 4.99 Å². The van der Waals surface area contributed by atoms with Crippen molar-refractivity contribution in [1.82, 2.24) is 10.6 Å². The number of benzene rings is 1. The van der Waals surface area contributed by atoms with E-state index in [-0.39, 0.29) is 6.10 Å². The summed E-state index contributed by atoms with van der Waals surface area (Å²) < 4.78 is 17.0. The molecule has 0 bridgehead atoms. The van der Waals surface area contributed by atoms with Crippen molar-refractivity contribution in [2.75, 3.05) is 40.0 Å². The number of nitrogens with zero attached hydrogens (tertiary/aromatic N) is 1. The van der Waals surface area contributed by atoms with Crippen LogP contribution in [-0.2, 0) is 4.74 Å². The van der Waals surface area contributed by atoms with Crippen LogP contribution in [0, 0.1) is 5.92 Å². The van der Waals surface area contributed by atoms with Gasteiger partial charge in [0.2, 0.25) is 0 Å². The van der Waals surface area contributed by atoms with Crippen LogP contribution in [0.4, 0.5) is 0 Å². The summed E-state index contributed by atoms with van der Waals surface area (Å²) in [4.78, 5) is 4.23. The van der Waals surface area contributed by atoms with Crippen molar-refractivity contribution in [1.29, 1.82) is 0 Å². The number of guanidine groups is 1. The topological polar surface area (TPSA) is 64.1 Å². The van der Waals surface area contributed by atoms with Gasteiger partial charge in [-0.15, -0.1) is 0 Å². The number of para-hydroxylation sites is 2. The van der Waals surface area contributed by atoms with E-state index in [1.165, 1.54) is 0 Å². The van der Waals surface area contributed by atoms with Gasteiger partial charge in [0.25, 0.3) is 0 Å². The standard InChI is InChI=1S/C16H23N3O3/c1-17-16(18-8-12-6-7-20-10-12)19-9-13-11-21-14-4-2-3-5-15(14)22-13/h2-5,12-13H,6-11H2,1H3,(H2,17,18,19). The molecule has 0 radical (unpaired) electrons. The van der Waals surface area contributed by atoms with Crippen molar-refractivity contribution in [2.24, 2.45) is 10.9 Å². The molecule has 6 heteroatoms. The molecule has 1 aromatic carbocycles. The van der Waals surface area contributed by atoms with Gasteiger partial charge in [0.05, 0.1) is 13.2 Å². The fourth-order valence-electron chi connectivity index (χ4n) is 2.58. The maximum atomic E-state index is 5.91. The van der Waals surface area contributed by atoms with Crippen molar-refractivity contribution in [2.45, 2.75) is 12.5 Å². The molecule has 0 aromatic heterocycles. The molecular formula is C16H23N3O3. The molecule has 2 N–H and O–H groups in total. The van der Waals surface area contributed by atoms with Gasteiger partial charge < -0.3 is 24.8 Å². The van der Waals surface area contributed by atoms with E-state index in [0.29, 0.717) is 19.1 Å². The predicted octanol–water partition coefficient (Wildman–Crippen LogP) is 1.03. The van der Waals surface area contributed by atoms with E-state index in [1.807, 2.05) is 24.3 Å². The second kappa shape index (κ2) is 7.35. The summed E-state index contributed by atoms with van der Waals surface area (Å²) >= 11 is 0. The first kappa shape index (κ1) is 15.0. The Morgan fingerprint density at radius 1 is 1.18 bits per heavy atom. The van der Waals surface area contributed by atoms with Gasteiger partial charge in [-0.25, -0.2) is 0 Å². The van der Waals surface area contributed by atoms with Crippen LogP contribution in [0.2, 0.25) is 0 Å². The molecule has 3 rings (SSSR count). The zero-order valence-electron chi connectivity index (χ0n) is 12.9. The van der Waals surface area contributed by atoms with Gasteiger partial charge in [0.1, 0.15) is 12.7 Å². The van der Waals surface area contributed by atoms with Crippen molar-refractivity contribution >= 4 is 5.96 Å². The molecule has 2 unspecified atom stereocenters. The summed E-state index contributed by atoms with van der Waals surface area (Å²) in [6, 6.07) is 7.74. The van der Waals surface area contributed by atoms with Gasteiger partial charge in [0, 0.05) is 26.1 Å². The predicted molar refractivity (Wildman–Crippen MR) is 84.6 cm³/mol. The highest BCUT2D eigenvalue weighted by molar-refractivity contribution is 5.79. The van der Waals surface area contributed by atoms with Gasteiger partial charge in [-0.1, -0.05) is 12.1 Å². The highest BCUT2D eigenvalue weighted by Gasteiger charge is 2.21. The molecule has 0 aliphatic carbocycles. The second-order valence-electron chi connectivity index (χ2n) is 5.56. The van der Waals surface area contributed by atoms with Crippen LogP contribution in [0.15, 0.2) is 29.3 Å². The van der Waals surface area contributed by atoms with E-state index in [9.17, 15) is 0 Å². The summed E-state index contributed by atoms with van der Waals surface area (Å²) in [7, 11) is 1.77. The Morgan fingerprint density at radius 3 is 2.77 bits per heavy atom. The van der Waals surface area contributed by atoms with Crippen LogP contribution in [-0.4, -0.2) is 52.0 Å². The lowest BCUT2D eigenvalue weighted by Gasteiger charge is -2.27. The molecule has 120 valence electrons. The molecule has 2 aliphatic heterocycles. The molecule has 1 saturated heterocycles. The van der Waals surface area contributed by atoms with Gasteiger partial charge in [0.15, 0.2) is 17.5 Å². The first-order chi connectivity index (χ1) is 10.8. The number of fused-ring (bicyclic) bond motifs is 1. The molecule has 2 aliphatic rings. The smallest absolute Gasteiger partial charge is 0.191 e. The normalized spacial score (nSPS) is 24.1. The Hall–Kier alpha value is -1.95. The molecule has 2 atom stereocenters. The third-order valence-electron chi connectivity index (χ3n) is 3.87. The third kappa shape index (κ3) is 3.82. The van der Waals surface area contributed by atoms with Crippen LogP contribution < -0.4 is 20.1 Å². The first-order valence-electron chi connectivity index (χ1n) is 7.76. The Labute approximate surface area is 130 Å². The monoisotopic (exact) mass is 305 g/mol. The minimum Gasteiger partial charge on any atom is -0.486 e. The van der Waals surface area contributed by atoms with E-state index in [4.69, 9.17) is 14.2 Å². The van der Waals surface area contributed by atoms with Crippen molar-refractivity contribution in [3.8, 4) is 11.5 Å². The lowest BCUT2D eigenvalue weighted by Crippen LogP contribution is -2.46. The minimum absolute atomic E-state index is 0.0248. The Bertz CT molecular complexity index is 515. The van der Waals surface area contributed by atoms with Gasteiger partial charge >= 0.3 is 0 Å². The minimum atomic E-state index is -0.0248. The summed E-state index contributed by atoms with van der Waals surface area (Å²) in [6.45, 7) is 3.77. The molecule has 0 spiro atoms. The van der Waals surface area contributed by atoms with Crippen LogP contribution in [0.1, 0.15) is 6.42 Å².